The molecule has 0 saturated heterocycles. The highest BCUT2D eigenvalue weighted by atomic mass is 32.2. The van der Waals surface area contributed by atoms with E-state index in [4.69, 9.17) is 10.5 Å². The normalized spacial score (nSPS) is 16.3. The third-order valence-corrected chi connectivity index (χ3v) is 5.27. The summed E-state index contributed by atoms with van der Waals surface area (Å²) in [5, 5.41) is 14.0. The largest absolute Gasteiger partial charge is 0.490 e. The quantitative estimate of drug-likeness (QED) is 0.520. The second kappa shape index (κ2) is 7.85. The topological polar surface area (TPSA) is 107 Å². The van der Waals surface area contributed by atoms with Crippen molar-refractivity contribution in [3.05, 3.63) is 33.9 Å². The van der Waals surface area contributed by atoms with Crippen molar-refractivity contribution in [3.63, 3.8) is 0 Å². The number of methoxy groups -OCH3 is 1. The van der Waals surface area contributed by atoms with Gasteiger partial charge in [0.15, 0.2) is 5.75 Å². The van der Waals surface area contributed by atoms with Crippen molar-refractivity contribution < 1.29 is 14.5 Å². The molecule has 1 atom stereocenters. The molecule has 2 rings (SSSR count). The van der Waals surface area contributed by atoms with Crippen molar-refractivity contribution in [1.82, 2.24) is 5.32 Å². The van der Waals surface area contributed by atoms with Crippen molar-refractivity contribution in [1.29, 1.82) is 0 Å². The summed E-state index contributed by atoms with van der Waals surface area (Å²) in [6.07, 6.45) is 2.22. The van der Waals surface area contributed by atoms with E-state index in [9.17, 15) is 14.9 Å². The summed E-state index contributed by atoms with van der Waals surface area (Å²) in [6, 6.07) is 4.83. The second-order valence-corrected chi connectivity index (χ2v) is 7.19. The van der Waals surface area contributed by atoms with Gasteiger partial charge in [-0.3, -0.25) is 14.9 Å². The van der Waals surface area contributed by atoms with Gasteiger partial charge in [0.05, 0.1) is 23.3 Å². The summed E-state index contributed by atoms with van der Waals surface area (Å²) < 4.78 is 4.98. The number of carbonyl (C=O) groups excluding carboxylic acids is 1. The minimum Gasteiger partial charge on any atom is -0.490 e. The van der Waals surface area contributed by atoms with Crippen LogP contribution in [-0.4, -0.2) is 35.8 Å². The Kier molecular flexibility index (Phi) is 6.06. The number of nitro groups is 1. The maximum atomic E-state index is 12.1. The van der Waals surface area contributed by atoms with Crippen molar-refractivity contribution in [2.75, 3.05) is 19.4 Å². The van der Waals surface area contributed by atoms with Crippen LogP contribution in [0, 0.1) is 16.0 Å². The van der Waals surface area contributed by atoms with Crippen LogP contribution < -0.4 is 15.8 Å². The Balaban J connectivity index is 1.86. The Bertz CT molecular complexity index is 621. The van der Waals surface area contributed by atoms with E-state index in [2.05, 4.69) is 5.32 Å². The van der Waals surface area contributed by atoms with Crippen LogP contribution in [0.3, 0.4) is 0 Å². The summed E-state index contributed by atoms with van der Waals surface area (Å²) in [5.41, 5.74) is 6.18. The number of rotatable bonds is 9. The maximum Gasteiger partial charge on any atom is 0.311 e. The first-order chi connectivity index (χ1) is 11.4. The first-order valence-corrected chi connectivity index (χ1v) is 8.95. The average molecular weight is 353 g/mol. The Morgan fingerprint density at radius 2 is 2.25 bits per heavy atom. The van der Waals surface area contributed by atoms with Gasteiger partial charge < -0.3 is 15.8 Å². The number of hydrogen-bond acceptors (Lipinski definition) is 6. The number of carbonyl (C=O) groups is 1. The van der Waals surface area contributed by atoms with E-state index in [1.165, 1.54) is 24.9 Å². The number of nitrogens with one attached hydrogen (secondary N) is 1. The minimum absolute atomic E-state index is 0.0529. The SMILES string of the molecule is COc1ccc(CSCC(=O)NC(C)(CN)C2CC2)cc1[N+](=O)[O-]. The summed E-state index contributed by atoms with van der Waals surface area (Å²) >= 11 is 1.42. The number of nitrogens with zero attached hydrogens (tertiary/aromatic N) is 1. The molecule has 0 aliphatic heterocycles. The average Bonchev–Trinajstić information content (AvgIpc) is 3.39. The van der Waals surface area contributed by atoms with Crippen molar-refractivity contribution in [2.45, 2.75) is 31.1 Å². The fraction of sp³-hybridized carbons (Fsp3) is 0.562. The highest BCUT2D eigenvalue weighted by molar-refractivity contribution is 7.99. The monoisotopic (exact) mass is 353 g/mol. The molecule has 1 saturated carbocycles. The Labute approximate surface area is 145 Å². The molecule has 1 unspecified atom stereocenters. The molecule has 8 heteroatoms. The summed E-state index contributed by atoms with van der Waals surface area (Å²) in [4.78, 5) is 22.6. The lowest BCUT2D eigenvalue weighted by molar-refractivity contribution is -0.385. The molecular weight excluding hydrogens is 330 g/mol. The van der Waals surface area contributed by atoms with Gasteiger partial charge in [0.2, 0.25) is 5.91 Å². The van der Waals surface area contributed by atoms with Crippen LogP contribution >= 0.6 is 11.8 Å². The minimum atomic E-state index is -0.470. The summed E-state index contributed by atoms with van der Waals surface area (Å²) in [6.45, 7) is 2.42. The number of ether oxygens (including phenoxy) is 1. The lowest BCUT2D eigenvalue weighted by atomic mass is 9.96. The third kappa shape index (κ3) is 4.61. The number of nitrogens with two attached hydrogens (primary N) is 1. The van der Waals surface area contributed by atoms with Gasteiger partial charge in [-0.15, -0.1) is 11.8 Å². The van der Waals surface area contributed by atoms with E-state index in [-0.39, 0.29) is 22.9 Å². The van der Waals surface area contributed by atoms with E-state index in [0.29, 0.717) is 24.0 Å². The molecule has 0 aromatic heterocycles. The number of nitro benzene ring substituents is 1. The van der Waals surface area contributed by atoms with Gasteiger partial charge in [-0.2, -0.15) is 0 Å². The second-order valence-electron chi connectivity index (χ2n) is 6.20. The fourth-order valence-corrected chi connectivity index (χ4v) is 3.40. The summed E-state index contributed by atoms with van der Waals surface area (Å²) in [7, 11) is 1.40. The number of amides is 1. The van der Waals surface area contributed by atoms with Gasteiger partial charge in [0.25, 0.3) is 0 Å². The summed E-state index contributed by atoms with van der Waals surface area (Å²) in [5.74, 6) is 1.46. The smallest absolute Gasteiger partial charge is 0.311 e. The highest BCUT2D eigenvalue weighted by Crippen LogP contribution is 2.39. The third-order valence-electron chi connectivity index (χ3n) is 4.27. The molecule has 0 spiro atoms. The predicted molar refractivity (Wildman–Crippen MR) is 94.1 cm³/mol. The van der Waals surface area contributed by atoms with E-state index in [1.54, 1.807) is 12.1 Å². The van der Waals surface area contributed by atoms with Gasteiger partial charge in [-0.25, -0.2) is 0 Å². The lowest BCUT2D eigenvalue weighted by Gasteiger charge is -2.29. The van der Waals surface area contributed by atoms with Crippen molar-refractivity contribution in [3.8, 4) is 5.75 Å². The lowest BCUT2D eigenvalue weighted by Crippen LogP contribution is -2.53. The molecule has 1 aliphatic carbocycles. The van der Waals surface area contributed by atoms with Crippen LogP contribution in [0.4, 0.5) is 5.69 Å². The number of hydrogen-bond donors (Lipinski definition) is 2. The zero-order chi connectivity index (χ0) is 17.7. The van der Waals surface area contributed by atoms with Crippen LogP contribution in [0.1, 0.15) is 25.3 Å². The molecule has 1 aromatic carbocycles. The van der Waals surface area contributed by atoms with E-state index < -0.39 is 4.92 Å². The molecule has 7 nitrogen and oxygen atoms in total. The predicted octanol–water partition coefficient (Wildman–Crippen LogP) is 2.08. The zero-order valence-corrected chi connectivity index (χ0v) is 14.7. The molecular formula is C16H23N3O4S. The van der Waals surface area contributed by atoms with Crippen molar-refractivity contribution >= 4 is 23.4 Å². The van der Waals surface area contributed by atoms with Crippen LogP contribution in [0.25, 0.3) is 0 Å². The number of benzene rings is 1. The first kappa shape index (κ1) is 18.5. The van der Waals surface area contributed by atoms with Crippen molar-refractivity contribution in [2.24, 2.45) is 11.7 Å². The molecule has 0 radical (unpaired) electrons. The van der Waals surface area contributed by atoms with E-state index in [0.717, 1.165) is 18.4 Å². The number of thioether (sulfide) groups is 1. The molecule has 1 fully saturated rings. The van der Waals surface area contributed by atoms with E-state index in [1.807, 2.05) is 6.92 Å². The fourth-order valence-electron chi connectivity index (χ4n) is 2.62. The standard InChI is InChI=1S/C16H23N3O4S/c1-16(10-17,12-4-5-12)18-15(20)9-24-8-11-3-6-14(23-2)13(7-11)19(21)22/h3,6-7,12H,4-5,8-10,17H2,1-2H3,(H,18,20). The molecule has 1 aromatic rings. The van der Waals surface area contributed by atoms with Crippen LogP contribution in [-0.2, 0) is 10.5 Å². The molecule has 0 heterocycles. The van der Waals surface area contributed by atoms with Crippen LogP contribution in [0.15, 0.2) is 18.2 Å². The highest BCUT2D eigenvalue weighted by Gasteiger charge is 2.41. The van der Waals surface area contributed by atoms with Crippen LogP contribution in [0.5, 0.6) is 5.75 Å². The van der Waals surface area contributed by atoms with E-state index >= 15 is 0 Å². The molecule has 3 N–H and O–H groups in total. The molecule has 1 aliphatic rings. The first-order valence-electron chi connectivity index (χ1n) is 7.79. The zero-order valence-electron chi connectivity index (χ0n) is 13.9. The Hall–Kier alpha value is -1.80. The van der Waals surface area contributed by atoms with Gasteiger partial charge in [-0.05, 0) is 37.3 Å². The Morgan fingerprint density at radius 1 is 1.54 bits per heavy atom. The molecule has 132 valence electrons. The maximum absolute atomic E-state index is 12.1. The Morgan fingerprint density at radius 3 is 2.79 bits per heavy atom. The molecule has 24 heavy (non-hydrogen) atoms. The van der Waals surface area contributed by atoms with Gasteiger partial charge in [0.1, 0.15) is 0 Å². The molecule has 0 bridgehead atoms. The van der Waals surface area contributed by atoms with Gasteiger partial charge >= 0.3 is 5.69 Å². The van der Waals surface area contributed by atoms with Crippen LogP contribution in [0.2, 0.25) is 0 Å². The van der Waals surface area contributed by atoms with Gasteiger partial charge in [-0.1, -0.05) is 6.07 Å². The van der Waals surface area contributed by atoms with Gasteiger partial charge in [0, 0.05) is 18.4 Å². The molecule has 1 amide bonds.